The van der Waals surface area contributed by atoms with E-state index in [0.29, 0.717) is 0 Å². The number of rotatable bonds is 8. The van der Waals surface area contributed by atoms with Crippen LogP contribution < -0.4 is 14.8 Å². The minimum Gasteiger partial charge on any atom is -0.495 e. The van der Waals surface area contributed by atoms with Gasteiger partial charge in [0.2, 0.25) is 15.9 Å². The summed E-state index contributed by atoms with van der Waals surface area (Å²) in [5, 5.41) is 3.12. The molecule has 0 radical (unpaired) electrons. The predicted molar refractivity (Wildman–Crippen MR) is 126 cm³/mol. The summed E-state index contributed by atoms with van der Waals surface area (Å²) < 4.78 is 34.5. The van der Waals surface area contributed by atoms with E-state index in [2.05, 4.69) is 10.0 Å². The van der Waals surface area contributed by atoms with E-state index in [9.17, 15) is 13.2 Å². The summed E-state index contributed by atoms with van der Waals surface area (Å²) in [6, 6.07) is 13.6. The zero-order chi connectivity index (χ0) is 23.0. The summed E-state index contributed by atoms with van der Waals surface area (Å²) in [5.41, 5.74) is 1.69. The molecule has 1 unspecified atom stereocenters. The summed E-state index contributed by atoms with van der Waals surface area (Å²) in [5.74, 6) is -0.0309. The van der Waals surface area contributed by atoms with Gasteiger partial charge in [0.25, 0.3) is 0 Å². The van der Waals surface area contributed by atoms with Gasteiger partial charge in [-0.1, -0.05) is 68.5 Å². The van der Waals surface area contributed by atoms with Crippen LogP contribution in [-0.2, 0) is 21.2 Å². The van der Waals surface area contributed by atoms with E-state index in [1.165, 1.54) is 26.4 Å². The number of hydrogen-bond donors (Lipinski definition) is 2. The van der Waals surface area contributed by atoms with Crippen molar-refractivity contribution in [2.24, 2.45) is 0 Å². The van der Waals surface area contributed by atoms with Crippen LogP contribution in [0, 0.1) is 6.92 Å². The van der Waals surface area contributed by atoms with Gasteiger partial charge in [-0.2, -0.15) is 4.72 Å². The maximum atomic E-state index is 13.3. The van der Waals surface area contributed by atoms with E-state index in [0.717, 1.165) is 36.8 Å². The van der Waals surface area contributed by atoms with Gasteiger partial charge in [0.05, 0.1) is 7.11 Å². The molecule has 1 aliphatic carbocycles. The molecule has 0 bridgehead atoms. The van der Waals surface area contributed by atoms with E-state index < -0.39 is 16.1 Å². The smallest absolute Gasteiger partial charge is 0.244 e. The largest absolute Gasteiger partial charge is 0.495 e. The molecule has 174 valence electrons. The number of carbonyl (C=O) groups is 1. The average Bonchev–Trinajstić information content (AvgIpc) is 2.75. The second kappa shape index (κ2) is 11.5. The maximum Gasteiger partial charge on any atom is 0.244 e. The van der Waals surface area contributed by atoms with Gasteiger partial charge in [0.1, 0.15) is 16.7 Å². The normalized spacial score (nSPS) is 16.6. The van der Waals surface area contributed by atoms with Crippen molar-refractivity contribution in [3.8, 4) is 5.75 Å². The van der Waals surface area contributed by atoms with E-state index in [1.807, 2.05) is 37.3 Å². The van der Waals surface area contributed by atoms with Crippen molar-refractivity contribution in [3.05, 3.63) is 59.7 Å². The highest BCUT2D eigenvalue weighted by Crippen LogP contribution is 2.25. The Bertz CT molecular complexity index is 984. The molecule has 0 aliphatic heterocycles. The number of benzene rings is 2. The molecule has 1 atom stereocenters. The first-order valence-electron chi connectivity index (χ1n) is 11.4. The minimum absolute atomic E-state index is 0.0387. The third-order valence-corrected chi connectivity index (χ3v) is 7.45. The lowest BCUT2D eigenvalue weighted by Gasteiger charge is -2.25. The fourth-order valence-corrected chi connectivity index (χ4v) is 5.63. The van der Waals surface area contributed by atoms with Crippen molar-refractivity contribution < 1.29 is 17.9 Å². The van der Waals surface area contributed by atoms with Crippen LogP contribution >= 0.6 is 0 Å². The summed E-state index contributed by atoms with van der Waals surface area (Å²) in [4.78, 5) is 13.3. The molecule has 0 aromatic heterocycles. The number of ether oxygens (including phenoxy) is 1. The molecule has 2 aromatic rings. The van der Waals surface area contributed by atoms with Gasteiger partial charge in [0, 0.05) is 6.04 Å². The average molecular weight is 459 g/mol. The summed E-state index contributed by atoms with van der Waals surface area (Å²) >= 11 is 0. The Hall–Kier alpha value is -2.38. The third-order valence-electron chi connectivity index (χ3n) is 5.96. The van der Waals surface area contributed by atoms with Gasteiger partial charge in [-0.3, -0.25) is 4.79 Å². The van der Waals surface area contributed by atoms with Gasteiger partial charge in [-0.25, -0.2) is 8.42 Å². The molecule has 0 saturated heterocycles. The van der Waals surface area contributed by atoms with Crippen molar-refractivity contribution in [1.29, 1.82) is 0 Å². The number of amides is 1. The zero-order valence-corrected chi connectivity index (χ0v) is 19.8. The number of carbonyl (C=O) groups excluding carboxylic acids is 1. The van der Waals surface area contributed by atoms with Gasteiger partial charge in [-0.05, 0) is 49.4 Å². The molecule has 1 aliphatic rings. The summed E-state index contributed by atoms with van der Waals surface area (Å²) in [7, 11) is -2.54. The molecular formula is C25H34N2O4S. The fourth-order valence-electron chi connectivity index (χ4n) is 4.18. The van der Waals surface area contributed by atoms with E-state index >= 15 is 0 Å². The number of aryl methyl sites for hydroxylation is 1. The van der Waals surface area contributed by atoms with Crippen LogP contribution in [0.25, 0.3) is 0 Å². The molecule has 6 nitrogen and oxygen atoms in total. The van der Waals surface area contributed by atoms with Crippen LogP contribution in [0.2, 0.25) is 0 Å². The molecule has 7 heteroatoms. The Morgan fingerprint density at radius 2 is 1.69 bits per heavy atom. The Labute approximate surface area is 191 Å². The molecule has 1 amide bonds. The first kappa shape index (κ1) is 24.3. The minimum atomic E-state index is -3.98. The lowest BCUT2D eigenvalue weighted by Crippen LogP contribution is -2.50. The Morgan fingerprint density at radius 1 is 1.03 bits per heavy atom. The lowest BCUT2D eigenvalue weighted by atomic mass is 9.96. The highest BCUT2D eigenvalue weighted by molar-refractivity contribution is 7.89. The highest BCUT2D eigenvalue weighted by atomic mass is 32.2. The first-order chi connectivity index (χ1) is 15.4. The molecular weight excluding hydrogens is 424 g/mol. The quantitative estimate of drug-likeness (QED) is 0.623. The molecule has 1 fully saturated rings. The molecule has 0 spiro atoms. The number of hydrogen-bond acceptors (Lipinski definition) is 4. The Morgan fingerprint density at radius 3 is 2.34 bits per heavy atom. The Balaban J connectivity index is 1.83. The molecule has 1 saturated carbocycles. The van der Waals surface area contributed by atoms with Gasteiger partial charge >= 0.3 is 0 Å². The number of nitrogens with one attached hydrogen (secondary N) is 2. The SMILES string of the molecule is COc1ccc(C)cc1S(=O)(=O)NC(Cc1ccccc1)C(=O)NC1CCCCCCC1. The predicted octanol–water partition coefficient (Wildman–Crippen LogP) is 4.12. The van der Waals surface area contributed by atoms with Crippen molar-refractivity contribution in [2.45, 2.75) is 75.3 Å². The molecule has 2 aromatic carbocycles. The lowest BCUT2D eigenvalue weighted by molar-refractivity contribution is -0.123. The maximum absolute atomic E-state index is 13.3. The van der Waals surface area contributed by atoms with Crippen molar-refractivity contribution in [2.75, 3.05) is 7.11 Å². The number of methoxy groups -OCH3 is 1. The van der Waals surface area contributed by atoms with Crippen LogP contribution in [0.1, 0.15) is 56.1 Å². The van der Waals surface area contributed by atoms with Crippen molar-refractivity contribution >= 4 is 15.9 Å². The molecule has 3 rings (SSSR count). The number of sulfonamides is 1. The molecule has 32 heavy (non-hydrogen) atoms. The van der Waals surface area contributed by atoms with Gasteiger partial charge < -0.3 is 10.1 Å². The van der Waals surface area contributed by atoms with Crippen LogP contribution in [0.5, 0.6) is 5.75 Å². The zero-order valence-electron chi connectivity index (χ0n) is 19.0. The van der Waals surface area contributed by atoms with E-state index in [4.69, 9.17) is 4.74 Å². The van der Waals surface area contributed by atoms with Crippen molar-refractivity contribution in [3.63, 3.8) is 0 Å². The summed E-state index contributed by atoms with van der Waals surface area (Å²) in [6.45, 7) is 1.82. The molecule has 0 heterocycles. The first-order valence-corrected chi connectivity index (χ1v) is 12.9. The van der Waals surface area contributed by atoms with Crippen LogP contribution in [0.4, 0.5) is 0 Å². The second-order valence-corrected chi connectivity index (χ2v) is 10.3. The van der Waals surface area contributed by atoms with E-state index in [-0.39, 0.29) is 29.0 Å². The summed E-state index contributed by atoms with van der Waals surface area (Å²) in [6.07, 6.45) is 7.91. The third kappa shape index (κ3) is 6.81. The van der Waals surface area contributed by atoms with Gasteiger partial charge in [-0.15, -0.1) is 0 Å². The second-order valence-electron chi connectivity index (χ2n) is 8.57. The Kier molecular flexibility index (Phi) is 8.70. The van der Waals surface area contributed by atoms with Crippen molar-refractivity contribution in [1.82, 2.24) is 10.0 Å². The van der Waals surface area contributed by atoms with E-state index in [1.54, 1.807) is 18.2 Å². The monoisotopic (exact) mass is 458 g/mol. The standard InChI is InChI=1S/C25H34N2O4S/c1-19-15-16-23(31-2)24(17-19)32(29,30)27-22(18-20-11-7-6-8-12-20)25(28)26-21-13-9-4-3-5-10-14-21/h6-8,11-12,15-17,21-22,27H,3-5,9-10,13-14,18H2,1-2H3,(H,26,28). The van der Waals surface area contributed by atoms with Crippen LogP contribution in [0.15, 0.2) is 53.4 Å². The van der Waals surface area contributed by atoms with Crippen LogP contribution in [-0.4, -0.2) is 33.5 Å². The molecule has 2 N–H and O–H groups in total. The fraction of sp³-hybridized carbons (Fsp3) is 0.480. The van der Waals surface area contributed by atoms with Crippen LogP contribution in [0.3, 0.4) is 0 Å². The van der Waals surface area contributed by atoms with Gasteiger partial charge in [0.15, 0.2) is 0 Å². The topological polar surface area (TPSA) is 84.5 Å². The highest BCUT2D eigenvalue weighted by Gasteiger charge is 2.29.